The molecule has 1 aliphatic rings. The van der Waals surface area contributed by atoms with Gasteiger partial charge >= 0.3 is 5.97 Å². The SMILES string of the molecule is COC(=O)C1=C(N)CCC1C(C)C. The standard InChI is InChI=1S/C10H17NO2/c1-6(2)7-4-5-8(11)9(7)10(12)13-3/h6-7H,4-5,11H2,1-3H3. The molecule has 0 aliphatic heterocycles. The minimum absolute atomic E-state index is 0.256. The summed E-state index contributed by atoms with van der Waals surface area (Å²) in [5, 5.41) is 0. The number of allylic oxidation sites excluding steroid dienone is 1. The summed E-state index contributed by atoms with van der Waals surface area (Å²) in [6.07, 6.45) is 1.81. The third-order valence-corrected chi connectivity index (χ3v) is 2.65. The Kier molecular flexibility index (Phi) is 2.96. The monoisotopic (exact) mass is 183 g/mol. The maximum atomic E-state index is 11.4. The Balaban J connectivity index is 2.88. The van der Waals surface area contributed by atoms with Crippen molar-refractivity contribution in [2.45, 2.75) is 26.7 Å². The number of ether oxygens (including phenoxy) is 1. The summed E-state index contributed by atoms with van der Waals surface area (Å²) in [4.78, 5) is 11.4. The fourth-order valence-electron chi connectivity index (χ4n) is 1.89. The van der Waals surface area contributed by atoms with E-state index in [1.807, 2.05) is 0 Å². The molecule has 0 aromatic rings. The number of hydrogen-bond donors (Lipinski definition) is 1. The molecule has 1 rings (SSSR count). The average molecular weight is 183 g/mol. The smallest absolute Gasteiger partial charge is 0.335 e. The molecule has 13 heavy (non-hydrogen) atoms. The molecule has 0 amide bonds. The summed E-state index contributed by atoms with van der Waals surface area (Å²) in [7, 11) is 1.40. The number of carbonyl (C=O) groups is 1. The molecule has 3 nitrogen and oxygen atoms in total. The Hall–Kier alpha value is -0.990. The first-order valence-electron chi connectivity index (χ1n) is 4.64. The van der Waals surface area contributed by atoms with Crippen LogP contribution in [0.4, 0.5) is 0 Å². The number of hydrogen-bond acceptors (Lipinski definition) is 3. The van der Waals surface area contributed by atoms with Crippen molar-refractivity contribution in [3.8, 4) is 0 Å². The van der Waals surface area contributed by atoms with E-state index in [4.69, 9.17) is 10.5 Å². The highest BCUT2D eigenvalue weighted by Crippen LogP contribution is 2.35. The molecule has 1 aliphatic carbocycles. The van der Waals surface area contributed by atoms with Gasteiger partial charge in [-0.1, -0.05) is 13.8 Å². The van der Waals surface area contributed by atoms with Gasteiger partial charge in [-0.15, -0.1) is 0 Å². The van der Waals surface area contributed by atoms with E-state index in [0.29, 0.717) is 17.2 Å². The van der Waals surface area contributed by atoms with Gasteiger partial charge in [0.15, 0.2) is 0 Å². The minimum atomic E-state index is -0.256. The second-order valence-electron chi connectivity index (χ2n) is 3.82. The molecule has 0 aromatic heterocycles. The highest BCUT2D eigenvalue weighted by Gasteiger charge is 2.31. The fraction of sp³-hybridized carbons (Fsp3) is 0.700. The quantitative estimate of drug-likeness (QED) is 0.659. The Morgan fingerprint density at radius 2 is 2.23 bits per heavy atom. The topological polar surface area (TPSA) is 52.3 Å². The summed E-state index contributed by atoms with van der Waals surface area (Å²) < 4.78 is 4.71. The van der Waals surface area contributed by atoms with Crippen LogP contribution in [0.1, 0.15) is 26.7 Å². The minimum Gasteiger partial charge on any atom is -0.466 e. The predicted molar refractivity (Wildman–Crippen MR) is 50.8 cm³/mol. The van der Waals surface area contributed by atoms with Crippen LogP contribution < -0.4 is 5.73 Å². The molecule has 0 bridgehead atoms. The number of esters is 1. The Morgan fingerprint density at radius 1 is 1.62 bits per heavy atom. The molecule has 0 aromatic carbocycles. The van der Waals surface area contributed by atoms with E-state index in [1.54, 1.807) is 0 Å². The summed E-state index contributed by atoms with van der Waals surface area (Å²) in [6.45, 7) is 4.21. The Bertz CT molecular complexity index is 243. The van der Waals surface area contributed by atoms with Crippen molar-refractivity contribution in [1.82, 2.24) is 0 Å². The van der Waals surface area contributed by atoms with Crippen molar-refractivity contribution >= 4 is 5.97 Å². The van der Waals surface area contributed by atoms with E-state index < -0.39 is 0 Å². The van der Waals surface area contributed by atoms with Gasteiger partial charge in [0, 0.05) is 5.70 Å². The highest BCUT2D eigenvalue weighted by atomic mass is 16.5. The second kappa shape index (κ2) is 3.81. The van der Waals surface area contributed by atoms with Crippen molar-refractivity contribution in [3.05, 3.63) is 11.3 Å². The molecule has 0 fully saturated rings. The Morgan fingerprint density at radius 3 is 2.69 bits per heavy atom. The maximum absolute atomic E-state index is 11.4. The van der Waals surface area contributed by atoms with Gasteiger partial charge in [0.25, 0.3) is 0 Å². The van der Waals surface area contributed by atoms with Crippen molar-refractivity contribution < 1.29 is 9.53 Å². The first-order valence-corrected chi connectivity index (χ1v) is 4.64. The van der Waals surface area contributed by atoms with E-state index >= 15 is 0 Å². The molecule has 0 heterocycles. The third-order valence-electron chi connectivity index (χ3n) is 2.65. The van der Waals surface area contributed by atoms with E-state index in [1.165, 1.54) is 7.11 Å². The van der Waals surface area contributed by atoms with Crippen LogP contribution in [0, 0.1) is 11.8 Å². The van der Waals surface area contributed by atoms with Crippen LogP contribution in [-0.2, 0) is 9.53 Å². The predicted octanol–water partition coefficient (Wildman–Crippen LogP) is 1.44. The summed E-state index contributed by atoms with van der Waals surface area (Å²) in [6, 6.07) is 0. The molecular formula is C10H17NO2. The van der Waals surface area contributed by atoms with Gasteiger partial charge in [-0.25, -0.2) is 4.79 Å². The van der Waals surface area contributed by atoms with Gasteiger partial charge in [-0.05, 0) is 24.7 Å². The normalized spacial score (nSPS) is 22.6. The molecule has 0 radical (unpaired) electrons. The molecule has 0 spiro atoms. The van der Waals surface area contributed by atoms with E-state index in [0.717, 1.165) is 12.8 Å². The molecule has 1 unspecified atom stereocenters. The van der Waals surface area contributed by atoms with Crippen LogP contribution in [-0.4, -0.2) is 13.1 Å². The third kappa shape index (κ3) is 1.85. The van der Waals surface area contributed by atoms with Gasteiger partial charge in [0.1, 0.15) is 0 Å². The van der Waals surface area contributed by atoms with E-state index in [-0.39, 0.29) is 11.9 Å². The zero-order valence-electron chi connectivity index (χ0n) is 8.46. The molecule has 3 heteroatoms. The van der Waals surface area contributed by atoms with Crippen molar-refractivity contribution in [2.24, 2.45) is 17.6 Å². The fourth-order valence-corrected chi connectivity index (χ4v) is 1.89. The van der Waals surface area contributed by atoms with Crippen molar-refractivity contribution in [2.75, 3.05) is 7.11 Å². The first-order chi connectivity index (χ1) is 6.07. The van der Waals surface area contributed by atoms with E-state index in [2.05, 4.69) is 13.8 Å². The summed E-state index contributed by atoms with van der Waals surface area (Å²) >= 11 is 0. The lowest BCUT2D eigenvalue weighted by Crippen LogP contribution is -2.18. The largest absolute Gasteiger partial charge is 0.466 e. The van der Waals surface area contributed by atoms with Crippen molar-refractivity contribution in [1.29, 1.82) is 0 Å². The molecule has 0 saturated carbocycles. The van der Waals surface area contributed by atoms with Gasteiger partial charge < -0.3 is 10.5 Å². The van der Waals surface area contributed by atoms with Gasteiger partial charge in [0.2, 0.25) is 0 Å². The van der Waals surface area contributed by atoms with Gasteiger partial charge in [-0.3, -0.25) is 0 Å². The van der Waals surface area contributed by atoms with Crippen LogP contribution in [0.3, 0.4) is 0 Å². The lowest BCUT2D eigenvalue weighted by Gasteiger charge is -2.16. The number of nitrogens with two attached hydrogens (primary N) is 1. The zero-order valence-corrected chi connectivity index (χ0v) is 8.46. The highest BCUT2D eigenvalue weighted by molar-refractivity contribution is 5.90. The lowest BCUT2D eigenvalue weighted by molar-refractivity contribution is -0.136. The Labute approximate surface area is 78.9 Å². The van der Waals surface area contributed by atoms with Crippen LogP contribution in [0.2, 0.25) is 0 Å². The second-order valence-corrected chi connectivity index (χ2v) is 3.82. The average Bonchev–Trinajstić information content (AvgIpc) is 2.46. The summed E-state index contributed by atoms with van der Waals surface area (Å²) in [5.41, 5.74) is 7.18. The number of rotatable bonds is 2. The molecular weight excluding hydrogens is 166 g/mol. The maximum Gasteiger partial charge on any atom is 0.335 e. The van der Waals surface area contributed by atoms with E-state index in [9.17, 15) is 4.79 Å². The number of methoxy groups -OCH3 is 1. The van der Waals surface area contributed by atoms with Gasteiger partial charge in [-0.2, -0.15) is 0 Å². The molecule has 2 N–H and O–H groups in total. The van der Waals surface area contributed by atoms with Crippen molar-refractivity contribution in [3.63, 3.8) is 0 Å². The van der Waals surface area contributed by atoms with Crippen LogP contribution >= 0.6 is 0 Å². The lowest BCUT2D eigenvalue weighted by atomic mass is 9.89. The molecule has 1 atom stereocenters. The van der Waals surface area contributed by atoms with Crippen LogP contribution in [0.5, 0.6) is 0 Å². The van der Waals surface area contributed by atoms with Crippen LogP contribution in [0.15, 0.2) is 11.3 Å². The molecule has 0 saturated heterocycles. The number of carbonyl (C=O) groups excluding carboxylic acids is 1. The summed E-state index contributed by atoms with van der Waals surface area (Å²) in [5.74, 6) is 0.483. The zero-order chi connectivity index (χ0) is 10.0. The first kappa shape index (κ1) is 10.1. The molecule has 74 valence electrons. The van der Waals surface area contributed by atoms with Crippen LogP contribution in [0.25, 0.3) is 0 Å². The van der Waals surface area contributed by atoms with Gasteiger partial charge in [0.05, 0.1) is 12.7 Å².